The third-order valence-electron chi connectivity index (χ3n) is 4.51. The molecule has 1 aliphatic rings. The summed E-state index contributed by atoms with van der Waals surface area (Å²) in [7, 11) is 3.96. The molecule has 1 aromatic heterocycles. The van der Waals surface area contributed by atoms with Crippen molar-refractivity contribution in [2.24, 2.45) is 0 Å². The number of allylic oxidation sites excluding steroid dienone is 4. The van der Waals surface area contributed by atoms with Gasteiger partial charge in [0.2, 0.25) is 0 Å². The van der Waals surface area contributed by atoms with E-state index in [0.717, 1.165) is 42.6 Å². The summed E-state index contributed by atoms with van der Waals surface area (Å²) in [4.78, 5) is 18.6. The quantitative estimate of drug-likeness (QED) is 0.623. The SMILES string of the molecule is CN(C)c1ccc(C(=O)NCCCn2ccnc2)cc1C#CC1=CCCC=C1. The lowest BCUT2D eigenvalue weighted by Crippen LogP contribution is -2.25. The van der Waals surface area contributed by atoms with E-state index in [1.54, 1.807) is 12.5 Å². The van der Waals surface area contributed by atoms with Gasteiger partial charge in [0.1, 0.15) is 0 Å². The van der Waals surface area contributed by atoms with Gasteiger partial charge in [0.05, 0.1) is 12.0 Å². The number of carbonyl (C=O) groups excluding carboxylic acids is 1. The van der Waals surface area contributed by atoms with Crippen molar-refractivity contribution in [1.82, 2.24) is 14.9 Å². The Morgan fingerprint density at radius 3 is 2.89 bits per heavy atom. The van der Waals surface area contributed by atoms with Crippen LogP contribution < -0.4 is 10.2 Å². The first-order valence-corrected chi connectivity index (χ1v) is 9.57. The number of nitrogens with one attached hydrogen (secondary N) is 1. The minimum atomic E-state index is -0.0734. The van der Waals surface area contributed by atoms with Gasteiger partial charge in [-0.15, -0.1) is 0 Å². The van der Waals surface area contributed by atoms with Crippen molar-refractivity contribution in [1.29, 1.82) is 0 Å². The summed E-state index contributed by atoms with van der Waals surface area (Å²) in [5, 5.41) is 2.99. The molecule has 1 aliphatic carbocycles. The number of imidazole rings is 1. The molecule has 0 radical (unpaired) electrons. The highest BCUT2D eigenvalue weighted by Crippen LogP contribution is 2.20. The average molecular weight is 374 g/mol. The monoisotopic (exact) mass is 374 g/mol. The number of aromatic nitrogens is 2. The van der Waals surface area contributed by atoms with E-state index in [-0.39, 0.29) is 5.91 Å². The Morgan fingerprint density at radius 1 is 1.29 bits per heavy atom. The molecule has 0 spiro atoms. The molecule has 3 rings (SSSR count). The van der Waals surface area contributed by atoms with Gasteiger partial charge in [-0.3, -0.25) is 4.79 Å². The van der Waals surface area contributed by atoms with E-state index in [9.17, 15) is 4.79 Å². The second kappa shape index (κ2) is 9.61. The molecule has 0 bridgehead atoms. The molecular formula is C23H26N4O. The van der Waals surface area contributed by atoms with Crippen molar-refractivity contribution in [3.63, 3.8) is 0 Å². The fraction of sp³-hybridized carbons (Fsp3) is 0.304. The number of anilines is 1. The Hall–Kier alpha value is -3.26. The maximum atomic E-state index is 12.5. The number of hydrogen-bond donors (Lipinski definition) is 1. The second-order valence-corrected chi connectivity index (χ2v) is 6.93. The third-order valence-corrected chi connectivity index (χ3v) is 4.51. The molecule has 1 N–H and O–H groups in total. The zero-order valence-electron chi connectivity index (χ0n) is 16.5. The van der Waals surface area contributed by atoms with Crippen molar-refractivity contribution in [2.45, 2.75) is 25.8 Å². The molecule has 0 saturated heterocycles. The number of aryl methyl sites for hydroxylation is 1. The highest BCUT2D eigenvalue weighted by Gasteiger charge is 2.10. The van der Waals surface area contributed by atoms with Crippen molar-refractivity contribution < 1.29 is 4.79 Å². The molecule has 0 aliphatic heterocycles. The average Bonchev–Trinajstić information content (AvgIpc) is 3.23. The van der Waals surface area contributed by atoms with Gasteiger partial charge in [0.15, 0.2) is 0 Å². The molecular weight excluding hydrogens is 348 g/mol. The van der Waals surface area contributed by atoms with Crippen LogP contribution in [0.15, 0.2) is 60.7 Å². The van der Waals surface area contributed by atoms with Crippen molar-refractivity contribution in [2.75, 3.05) is 25.5 Å². The maximum Gasteiger partial charge on any atom is 0.251 e. The van der Waals surface area contributed by atoms with Crippen LogP contribution in [0.4, 0.5) is 5.69 Å². The van der Waals surface area contributed by atoms with E-state index >= 15 is 0 Å². The predicted octanol–water partition coefficient (Wildman–Crippen LogP) is 3.40. The molecule has 144 valence electrons. The topological polar surface area (TPSA) is 50.2 Å². The summed E-state index contributed by atoms with van der Waals surface area (Å²) in [6, 6.07) is 5.68. The summed E-state index contributed by atoms with van der Waals surface area (Å²) in [5.74, 6) is 6.40. The fourth-order valence-corrected chi connectivity index (χ4v) is 3.00. The van der Waals surface area contributed by atoms with E-state index in [1.165, 1.54) is 0 Å². The Balaban J connectivity index is 1.67. The zero-order chi connectivity index (χ0) is 19.8. The Morgan fingerprint density at radius 2 is 2.18 bits per heavy atom. The molecule has 28 heavy (non-hydrogen) atoms. The van der Waals surface area contributed by atoms with Crippen LogP contribution in [0.1, 0.15) is 35.2 Å². The van der Waals surface area contributed by atoms with Crippen LogP contribution in [0.5, 0.6) is 0 Å². The largest absolute Gasteiger partial charge is 0.377 e. The summed E-state index contributed by atoms with van der Waals surface area (Å²) >= 11 is 0. The Labute approximate surface area is 166 Å². The van der Waals surface area contributed by atoms with Gasteiger partial charge in [-0.05, 0) is 37.5 Å². The lowest BCUT2D eigenvalue weighted by atomic mass is 10.0. The van der Waals surface area contributed by atoms with Crippen LogP contribution in [0.25, 0.3) is 0 Å². The number of nitrogens with zero attached hydrogens (tertiary/aromatic N) is 3. The molecule has 2 aromatic rings. The summed E-state index contributed by atoms with van der Waals surface area (Å²) < 4.78 is 2.00. The molecule has 0 unspecified atom stereocenters. The highest BCUT2D eigenvalue weighted by atomic mass is 16.1. The minimum absolute atomic E-state index is 0.0734. The summed E-state index contributed by atoms with van der Waals surface area (Å²) in [6.45, 7) is 1.45. The van der Waals surface area contributed by atoms with Gasteiger partial charge < -0.3 is 14.8 Å². The lowest BCUT2D eigenvalue weighted by molar-refractivity contribution is 0.0952. The summed E-state index contributed by atoms with van der Waals surface area (Å²) in [5.41, 5.74) is 3.52. The standard InChI is InChI=1S/C23H26N4O/c1-26(2)22-12-11-21(17-20(22)10-9-19-7-4-3-5-8-19)23(28)25-13-6-15-27-16-14-24-18-27/h4,7-8,11-12,14,16-18H,3,5-6,13,15H2,1-2H3,(H,25,28). The Kier molecular flexibility index (Phi) is 6.69. The van der Waals surface area contributed by atoms with E-state index < -0.39 is 0 Å². The van der Waals surface area contributed by atoms with Crippen LogP contribution >= 0.6 is 0 Å². The highest BCUT2D eigenvalue weighted by molar-refractivity contribution is 5.95. The van der Waals surface area contributed by atoms with Gasteiger partial charge in [-0.1, -0.05) is 30.1 Å². The minimum Gasteiger partial charge on any atom is -0.377 e. The third kappa shape index (κ3) is 5.37. The van der Waals surface area contributed by atoms with Crippen molar-refractivity contribution >= 4 is 11.6 Å². The number of carbonyl (C=O) groups is 1. The number of amides is 1. The van der Waals surface area contributed by atoms with Crippen LogP contribution in [0, 0.1) is 11.8 Å². The molecule has 5 nitrogen and oxygen atoms in total. The number of benzene rings is 1. The first kappa shape index (κ1) is 19.5. The van der Waals surface area contributed by atoms with E-state index in [0.29, 0.717) is 12.1 Å². The smallest absolute Gasteiger partial charge is 0.251 e. The first-order valence-electron chi connectivity index (χ1n) is 9.57. The van der Waals surface area contributed by atoms with Crippen LogP contribution in [-0.4, -0.2) is 36.1 Å². The van der Waals surface area contributed by atoms with Crippen molar-refractivity contribution in [3.8, 4) is 11.8 Å². The molecule has 1 aromatic carbocycles. The molecule has 5 heteroatoms. The van der Waals surface area contributed by atoms with Gasteiger partial charge in [-0.25, -0.2) is 4.98 Å². The molecule has 1 heterocycles. The molecule has 0 atom stereocenters. The molecule has 0 saturated carbocycles. The zero-order valence-corrected chi connectivity index (χ0v) is 16.5. The summed E-state index contributed by atoms with van der Waals surface area (Å²) in [6.07, 6.45) is 14.8. The fourth-order valence-electron chi connectivity index (χ4n) is 3.00. The number of rotatable bonds is 6. The van der Waals surface area contributed by atoms with E-state index in [4.69, 9.17) is 0 Å². The first-order chi connectivity index (χ1) is 13.6. The van der Waals surface area contributed by atoms with Crippen LogP contribution in [0.2, 0.25) is 0 Å². The van der Waals surface area contributed by atoms with E-state index in [1.807, 2.05) is 48.0 Å². The van der Waals surface area contributed by atoms with Gasteiger partial charge >= 0.3 is 0 Å². The van der Waals surface area contributed by atoms with Gasteiger partial charge in [0.25, 0.3) is 5.91 Å². The number of hydrogen-bond acceptors (Lipinski definition) is 3. The van der Waals surface area contributed by atoms with Gasteiger partial charge in [-0.2, -0.15) is 0 Å². The second-order valence-electron chi connectivity index (χ2n) is 6.93. The van der Waals surface area contributed by atoms with E-state index in [2.05, 4.69) is 40.4 Å². The normalized spacial score (nSPS) is 12.7. The molecule has 0 fully saturated rings. The van der Waals surface area contributed by atoms with Crippen molar-refractivity contribution in [3.05, 3.63) is 71.8 Å². The predicted molar refractivity (Wildman–Crippen MR) is 113 cm³/mol. The van der Waals surface area contributed by atoms with Crippen LogP contribution in [-0.2, 0) is 6.54 Å². The van der Waals surface area contributed by atoms with Crippen LogP contribution in [0.3, 0.4) is 0 Å². The lowest BCUT2D eigenvalue weighted by Gasteiger charge is -2.16. The molecule has 1 amide bonds. The van der Waals surface area contributed by atoms with Gasteiger partial charge in [0, 0.05) is 56.3 Å². The maximum absolute atomic E-state index is 12.5. The Bertz CT molecular complexity index is 927.